The third-order valence-electron chi connectivity index (χ3n) is 2.90. The molecule has 0 saturated carbocycles. The molecule has 0 saturated heterocycles. The van der Waals surface area contributed by atoms with Crippen LogP contribution >= 0.6 is 0 Å². The van der Waals surface area contributed by atoms with E-state index in [0.717, 1.165) is 0 Å². The summed E-state index contributed by atoms with van der Waals surface area (Å²) in [6.07, 6.45) is 4.71. The van der Waals surface area contributed by atoms with Gasteiger partial charge in [-0.1, -0.05) is 45.4 Å². The number of fused-ring (bicyclic) bond motifs is 1. The molecule has 0 spiro atoms. The van der Waals surface area contributed by atoms with Gasteiger partial charge < -0.3 is 4.57 Å². The summed E-state index contributed by atoms with van der Waals surface area (Å²) in [4.78, 5) is 0. The fourth-order valence-corrected chi connectivity index (χ4v) is 2.17. The van der Waals surface area contributed by atoms with Crippen molar-refractivity contribution in [1.82, 2.24) is 4.57 Å². The predicted octanol–water partition coefficient (Wildman–Crippen LogP) is 5.20. The van der Waals surface area contributed by atoms with E-state index >= 15 is 0 Å². The Bertz CT molecular complexity index is 451. The lowest BCUT2D eigenvalue weighted by Gasteiger charge is -2.08. The van der Waals surface area contributed by atoms with Crippen LogP contribution in [0.4, 0.5) is 0 Å². The molecule has 0 fully saturated rings. The van der Waals surface area contributed by atoms with Gasteiger partial charge in [0, 0.05) is 23.1 Å². The molecule has 0 aliphatic rings. The van der Waals surface area contributed by atoms with E-state index in [1.807, 2.05) is 13.8 Å². The normalized spacial score (nSPS) is 10.5. The lowest BCUT2D eigenvalue weighted by Crippen LogP contribution is -1.97. The molecule has 1 heteroatoms. The molecule has 0 amide bonds. The second kappa shape index (κ2) is 6.48. The average Bonchev–Trinajstić information content (AvgIpc) is 2.72. The molecule has 0 unspecified atom stereocenters. The molecule has 2 aromatic rings. The Morgan fingerprint density at radius 3 is 2.35 bits per heavy atom. The largest absolute Gasteiger partial charge is 0.345 e. The summed E-state index contributed by atoms with van der Waals surface area (Å²) in [7, 11) is 0. The van der Waals surface area contributed by atoms with Crippen LogP contribution in [-0.2, 0) is 6.42 Å². The van der Waals surface area contributed by atoms with Gasteiger partial charge in [0.2, 0.25) is 0 Å². The van der Waals surface area contributed by atoms with Crippen molar-refractivity contribution in [2.45, 2.75) is 53.5 Å². The molecular formula is C16H25N. The van der Waals surface area contributed by atoms with Gasteiger partial charge in [-0.3, -0.25) is 0 Å². The van der Waals surface area contributed by atoms with Gasteiger partial charge in [0.05, 0.1) is 0 Å². The van der Waals surface area contributed by atoms with Crippen molar-refractivity contribution in [2.75, 3.05) is 0 Å². The number of benzene rings is 1. The number of aryl methyl sites for hydroxylation is 1. The van der Waals surface area contributed by atoms with Crippen molar-refractivity contribution in [3.63, 3.8) is 0 Å². The zero-order valence-corrected chi connectivity index (χ0v) is 11.8. The van der Waals surface area contributed by atoms with E-state index in [1.54, 1.807) is 0 Å². The van der Waals surface area contributed by atoms with Crippen molar-refractivity contribution >= 4 is 10.9 Å². The van der Waals surface area contributed by atoms with Crippen molar-refractivity contribution in [3.8, 4) is 0 Å². The Morgan fingerprint density at radius 1 is 1.12 bits per heavy atom. The molecule has 0 radical (unpaired) electrons. The highest BCUT2D eigenvalue weighted by atomic mass is 15.0. The van der Waals surface area contributed by atoms with E-state index in [0.29, 0.717) is 6.04 Å². The van der Waals surface area contributed by atoms with Crippen molar-refractivity contribution in [2.24, 2.45) is 0 Å². The monoisotopic (exact) mass is 231 g/mol. The number of hydrogen-bond donors (Lipinski definition) is 0. The minimum atomic E-state index is 0.542. The van der Waals surface area contributed by atoms with Crippen LogP contribution in [0.2, 0.25) is 0 Å². The Balaban J connectivity index is 0.000000686. The highest BCUT2D eigenvalue weighted by molar-refractivity contribution is 5.84. The molecular weight excluding hydrogens is 206 g/mol. The minimum Gasteiger partial charge on any atom is -0.345 e. The summed E-state index contributed by atoms with van der Waals surface area (Å²) >= 11 is 0. The number of rotatable bonds is 3. The smallest absolute Gasteiger partial charge is 0.0485 e. The molecule has 1 heterocycles. The maximum absolute atomic E-state index is 2.38. The fraction of sp³-hybridized carbons (Fsp3) is 0.500. The number of aromatic nitrogens is 1. The zero-order valence-electron chi connectivity index (χ0n) is 11.8. The van der Waals surface area contributed by atoms with Crippen molar-refractivity contribution in [3.05, 3.63) is 36.0 Å². The molecule has 1 nitrogen and oxygen atoms in total. The number of para-hydroxylation sites is 1. The molecule has 0 atom stereocenters. The summed E-state index contributed by atoms with van der Waals surface area (Å²) in [6, 6.07) is 9.25. The third kappa shape index (κ3) is 2.91. The van der Waals surface area contributed by atoms with Gasteiger partial charge in [0.15, 0.2) is 0 Å². The van der Waals surface area contributed by atoms with Gasteiger partial charge in [-0.15, -0.1) is 0 Å². The van der Waals surface area contributed by atoms with Crippen LogP contribution in [0.3, 0.4) is 0 Å². The summed E-state index contributed by atoms with van der Waals surface area (Å²) < 4.78 is 2.38. The Hall–Kier alpha value is -1.24. The summed E-state index contributed by atoms with van der Waals surface area (Å²) in [6.45, 7) is 10.7. The lowest BCUT2D eigenvalue weighted by atomic mass is 10.1. The highest BCUT2D eigenvalue weighted by Crippen LogP contribution is 2.25. The van der Waals surface area contributed by atoms with E-state index < -0.39 is 0 Å². The van der Waals surface area contributed by atoms with E-state index in [1.165, 1.54) is 29.3 Å². The molecule has 0 N–H and O–H groups in total. The summed E-state index contributed by atoms with van der Waals surface area (Å²) in [5.41, 5.74) is 2.86. The van der Waals surface area contributed by atoms with Gasteiger partial charge >= 0.3 is 0 Å². The third-order valence-corrected chi connectivity index (χ3v) is 2.90. The summed E-state index contributed by atoms with van der Waals surface area (Å²) in [5, 5.41) is 1.42. The van der Waals surface area contributed by atoms with Gasteiger partial charge in [-0.05, 0) is 31.9 Å². The Kier molecular flexibility index (Phi) is 5.27. The van der Waals surface area contributed by atoms with Gasteiger partial charge in [-0.2, -0.15) is 0 Å². The van der Waals surface area contributed by atoms with E-state index in [9.17, 15) is 0 Å². The molecule has 0 aliphatic carbocycles. The van der Waals surface area contributed by atoms with Crippen LogP contribution in [0.1, 0.15) is 52.6 Å². The van der Waals surface area contributed by atoms with E-state index in [2.05, 4.69) is 55.8 Å². The lowest BCUT2D eigenvalue weighted by molar-refractivity contribution is 0.620. The maximum Gasteiger partial charge on any atom is 0.0485 e. The minimum absolute atomic E-state index is 0.542. The predicted molar refractivity (Wildman–Crippen MR) is 77.7 cm³/mol. The topological polar surface area (TPSA) is 4.93 Å². The maximum atomic E-state index is 2.38. The average molecular weight is 231 g/mol. The first-order chi connectivity index (χ1) is 8.24. The highest BCUT2D eigenvalue weighted by Gasteiger charge is 2.08. The van der Waals surface area contributed by atoms with Gasteiger partial charge in [0.25, 0.3) is 0 Å². The van der Waals surface area contributed by atoms with Crippen LogP contribution in [0.25, 0.3) is 10.9 Å². The quantitative estimate of drug-likeness (QED) is 0.684. The second-order valence-electron chi connectivity index (χ2n) is 4.42. The van der Waals surface area contributed by atoms with Crippen molar-refractivity contribution < 1.29 is 0 Å². The van der Waals surface area contributed by atoms with Gasteiger partial charge in [0.1, 0.15) is 0 Å². The van der Waals surface area contributed by atoms with E-state index in [4.69, 9.17) is 0 Å². The van der Waals surface area contributed by atoms with E-state index in [-0.39, 0.29) is 0 Å². The first-order valence-corrected chi connectivity index (χ1v) is 6.82. The first-order valence-electron chi connectivity index (χ1n) is 6.82. The molecule has 1 aromatic carbocycles. The second-order valence-corrected chi connectivity index (χ2v) is 4.42. The SMILES string of the molecule is CC.CCCc1cn(C(C)C)c2ccccc12. The van der Waals surface area contributed by atoms with Crippen LogP contribution < -0.4 is 0 Å². The molecule has 0 bridgehead atoms. The molecule has 0 aliphatic heterocycles. The molecule has 1 aromatic heterocycles. The van der Waals surface area contributed by atoms with Crippen molar-refractivity contribution in [1.29, 1.82) is 0 Å². The molecule has 2 rings (SSSR count). The number of nitrogens with zero attached hydrogens (tertiary/aromatic N) is 1. The molecule has 17 heavy (non-hydrogen) atoms. The zero-order chi connectivity index (χ0) is 12.8. The Labute approximate surface area is 105 Å². The first kappa shape index (κ1) is 13.8. The van der Waals surface area contributed by atoms with Gasteiger partial charge in [-0.25, -0.2) is 0 Å². The fourth-order valence-electron chi connectivity index (χ4n) is 2.17. The van der Waals surface area contributed by atoms with Crippen LogP contribution in [0.5, 0.6) is 0 Å². The number of hydrogen-bond acceptors (Lipinski definition) is 0. The Morgan fingerprint density at radius 2 is 1.76 bits per heavy atom. The van der Waals surface area contributed by atoms with Crippen LogP contribution in [0.15, 0.2) is 30.5 Å². The summed E-state index contributed by atoms with van der Waals surface area (Å²) in [5.74, 6) is 0. The standard InChI is InChI=1S/C14H19N.C2H6/c1-4-7-12-10-15(11(2)3)14-9-6-5-8-13(12)14;1-2/h5-6,8-11H,4,7H2,1-3H3;1-2H3. The molecule has 94 valence electrons. The van der Waals surface area contributed by atoms with Crippen LogP contribution in [0, 0.1) is 0 Å². The van der Waals surface area contributed by atoms with Crippen LogP contribution in [-0.4, -0.2) is 4.57 Å².